The highest BCUT2D eigenvalue weighted by atomic mass is 16.5. The number of benzene rings is 2. The molecule has 3 heterocycles. The van der Waals surface area contributed by atoms with Crippen LogP contribution in [0.3, 0.4) is 0 Å². The van der Waals surface area contributed by atoms with Crippen LogP contribution in [-0.2, 0) is 29.1 Å². The first-order chi connectivity index (χ1) is 18.5. The van der Waals surface area contributed by atoms with Crippen molar-refractivity contribution in [2.45, 2.75) is 44.9 Å². The number of amides is 1. The number of aryl methyl sites for hydroxylation is 1. The van der Waals surface area contributed by atoms with Crippen LogP contribution in [0.25, 0.3) is 10.9 Å². The van der Waals surface area contributed by atoms with Crippen LogP contribution in [0.5, 0.6) is 0 Å². The Labute approximate surface area is 221 Å². The molecule has 0 saturated carbocycles. The van der Waals surface area contributed by atoms with Crippen LogP contribution in [0.2, 0.25) is 0 Å². The molecule has 1 amide bonds. The molecular weight excluding hydrogens is 482 g/mol. The molecule has 198 valence electrons. The van der Waals surface area contributed by atoms with Crippen LogP contribution < -0.4 is 10.6 Å². The number of ether oxygens (including phenoxy) is 1. The number of carboxylic acid groups (broad SMARTS) is 1. The van der Waals surface area contributed by atoms with Gasteiger partial charge in [0.2, 0.25) is 0 Å². The zero-order valence-electron chi connectivity index (χ0n) is 21.3. The summed E-state index contributed by atoms with van der Waals surface area (Å²) in [5.41, 5.74) is 5.67. The van der Waals surface area contributed by atoms with Crippen molar-refractivity contribution >= 4 is 23.0 Å². The molecule has 3 aromatic rings. The lowest BCUT2D eigenvalue weighted by molar-refractivity contribution is -0.139. The van der Waals surface area contributed by atoms with Crippen molar-refractivity contribution in [1.82, 2.24) is 25.3 Å². The van der Waals surface area contributed by atoms with Crippen LogP contribution in [-0.4, -0.2) is 57.5 Å². The highest BCUT2D eigenvalue weighted by Crippen LogP contribution is 2.22. The number of rotatable bonds is 10. The number of fused-ring (bicyclic) bond motifs is 1. The highest BCUT2D eigenvalue weighted by Gasteiger charge is 2.23. The third-order valence-electron chi connectivity index (χ3n) is 6.97. The van der Waals surface area contributed by atoms with E-state index in [4.69, 9.17) is 4.74 Å². The minimum Gasteiger partial charge on any atom is -0.480 e. The molecule has 0 radical (unpaired) electrons. The summed E-state index contributed by atoms with van der Waals surface area (Å²) < 4.78 is 6.79. The summed E-state index contributed by atoms with van der Waals surface area (Å²) in [7, 11) is 0. The summed E-state index contributed by atoms with van der Waals surface area (Å²) in [6, 6.07) is 14.2. The van der Waals surface area contributed by atoms with Crippen LogP contribution in [0.15, 0.2) is 78.3 Å². The van der Waals surface area contributed by atoms with Gasteiger partial charge < -0.3 is 25.4 Å². The highest BCUT2D eigenvalue weighted by molar-refractivity contribution is 5.81. The van der Waals surface area contributed by atoms with Gasteiger partial charge >= 0.3 is 12.1 Å². The third kappa shape index (κ3) is 6.34. The molecule has 3 N–H and O–H groups in total. The minimum atomic E-state index is -1.17. The maximum Gasteiger partial charge on any atom is 0.408 e. The molecule has 0 fully saturated rings. The number of allylic oxidation sites excluding steroid dienone is 2. The molecular formula is C29H33N5O4. The van der Waals surface area contributed by atoms with E-state index in [9.17, 15) is 14.7 Å². The second kappa shape index (κ2) is 11.9. The molecule has 0 saturated heterocycles. The van der Waals surface area contributed by atoms with Crippen molar-refractivity contribution in [1.29, 1.82) is 0 Å². The molecule has 9 nitrogen and oxygen atoms in total. The van der Waals surface area contributed by atoms with Gasteiger partial charge in [-0.2, -0.15) is 5.10 Å². The Bertz CT molecular complexity index is 1350. The van der Waals surface area contributed by atoms with Crippen LogP contribution in [0.1, 0.15) is 30.4 Å². The monoisotopic (exact) mass is 515 g/mol. The molecule has 2 aliphatic heterocycles. The second-order valence-corrected chi connectivity index (χ2v) is 9.74. The van der Waals surface area contributed by atoms with Gasteiger partial charge in [-0.15, -0.1) is 0 Å². The number of carboxylic acids is 1. The van der Waals surface area contributed by atoms with E-state index in [1.165, 1.54) is 29.7 Å². The van der Waals surface area contributed by atoms with Gasteiger partial charge in [-0.05, 0) is 66.8 Å². The standard InChI is InChI=1S/C29H33N5O4/c35-28(36)26(32-29(37)38-20-22-6-2-1-3-7-22)19-34-27-11-10-21(16-24(27)17-31-34)8-5-14-33-15-12-23-9-4-13-30-25(23)18-33/h1-3,6-7,10-12,15-17,26,30H,4-5,8-9,13-14,18-20H2,(H,32,37)(H,35,36). The topological polar surface area (TPSA) is 109 Å². The molecule has 1 atom stereocenters. The first-order valence-electron chi connectivity index (χ1n) is 13.1. The predicted molar refractivity (Wildman–Crippen MR) is 144 cm³/mol. The second-order valence-electron chi connectivity index (χ2n) is 9.74. The molecule has 2 aromatic carbocycles. The van der Waals surface area contributed by atoms with E-state index in [2.05, 4.69) is 45.0 Å². The number of nitrogens with zero attached hydrogens (tertiary/aromatic N) is 3. The first-order valence-corrected chi connectivity index (χ1v) is 13.1. The lowest BCUT2D eigenvalue weighted by Gasteiger charge is -2.30. The summed E-state index contributed by atoms with van der Waals surface area (Å²) in [5.74, 6) is -1.15. The summed E-state index contributed by atoms with van der Waals surface area (Å²) >= 11 is 0. The molecule has 1 unspecified atom stereocenters. The number of aliphatic carboxylic acids is 1. The van der Waals surface area contributed by atoms with E-state index in [1.54, 1.807) is 10.9 Å². The largest absolute Gasteiger partial charge is 0.480 e. The molecule has 2 aliphatic rings. The van der Waals surface area contributed by atoms with E-state index in [1.807, 2.05) is 36.4 Å². The number of hydrogen-bond acceptors (Lipinski definition) is 6. The van der Waals surface area contributed by atoms with E-state index < -0.39 is 18.1 Å². The van der Waals surface area contributed by atoms with Crippen molar-refractivity contribution in [2.75, 3.05) is 19.6 Å². The van der Waals surface area contributed by atoms with Crippen molar-refractivity contribution in [3.05, 3.63) is 89.4 Å². The van der Waals surface area contributed by atoms with E-state index in [-0.39, 0.29) is 13.2 Å². The van der Waals surface area contributed by atoms with Gasteiger partial charge in [-0.25, -0.2) is 9.59 Å². The van der Waals surface area contributed by atoms with Gasteiger partial charge in [0, 0.05) is 24.2 Å². The number of carbonyl (C=O) groups is 2. The van der Waals surface area contributed by atoms with Crippen LogP contribution >= 0.6 is 0 Å². The zero-order chi connectivity index (χ0) is 26.3. The molecule has 1 aromatic heterocycles. The van der Waals surface area contributed by atoms with E-state index in [0.717, 1.165) is 48.9 Å². The lowest BCUT2D eigenvalue weighted by Crippen LogP contribution is -2.44. The zero-order valence-corrected chi connectivity index (χ0v) is 21.3. The average molecular weight is 516 g/mol. The van der Waals surface area contributed by atoms with Crippen LogP contribution in [0.4, 0.5) is 4.79 Å². The molecule has 9 heteroatoms. The van der Waals surface area contributed by atoms with Crippen molar-refractivity contribution < 1.29 is 19.4 Å². The van der Waals surface area contributed by atoms with E-state index >= 15 is 0 Å². The molecule has 0 spiro atoms. The fraction of sp³-hybridized carbons (Fsp3) is 0.345. The Kier molecular flexibility index (Phi) is 7.92. The maximum absolute atomic E-state index is 12.2. The molecule has 0 bridgehead atoms. The maximum atomic E-state index is 12.2. The fourth-order valence-electron chi connectivity index (χ4n) is 4.92. The van der Waals surface area contributed by atoms with Crippen molar-refractivity contribution in [2.24, 2.45) is 0 Å². The third-order valence-corrected chi connectivity index (χ3v) is 6.97. The SMILES string of the molecule is O=C(NC(Cn1ncc2cc(CCCN3C=CC4=C(C3)NCCC4)ccc21)C(=O)O)OCc1ccccc1. The molecule has 5 rings (SSSR count). The Morgan fingerprint density at radius 2 is 2.03 bits per heavy atom. The predicted octanol–water partition coefficient (Wildman–Crippen LogP) is 3.82. The Morgan fingerprint density at radius 3 is 2.87 bits per heavy atom. The van der Waals surface area contributed by atoms with Gasteiger partial charge in [0.05, 0.1) is 24.8 Å². The number of nitrogens with one attached hydrogen (secondary N) is 2. The summed E-state index contributed by atoms with van der Waals surface area (Å²) in [5, 5.41) is 21.0. The normalized spacial score (nSPS) is 15.6. The number of aromatic nitrogens is 2. The smallest absolute Gasteiger partial charge is 0.408 e. The fourth-order valence-corrected chi connectivity index (χ4v) is 4.92. The average Bonchev–Trinajstić information content (AvgIpc) is 3.34. The summed E-state index contributed by atoms with van der Waals surface area (Å²) in [6.07, 6.45) is 9.76. The van der Waals surface area contributed by atoms with Crippen LogP contribution in [0, 0.1) is 0 Å². The summed E-state index contributed by atoms with van der Waals surface area (Å²) in [6.45, 7) is 3.06. The van der Waals surface area contributed by atoms with Crippen molar-refractivity contribution in [3.8, 4) is 0 Å². The van der Waals surface area contributed by atoms with Gasteiger partial charge in [-0.3, -0.25) is 4.68 Å². The molecule has 38 heavy (non-hydrogen) atoms. The Balaban J connectivity index is 1.13. The van der Waals surface area contributed by atoms with Gasteiger partial charge in [-0.1, -0.05) is 36.4 Å². The first kappa shape index (κ1) is 25.4. The van der Waals surface area contributed by atoms with E-state index in [0.29, 0.717) is 0 Å². The van der Waals surface area contributed by atoms with Gasteiger partial charge in [0.25, 0.3) is 0 Å². The van der Waals surface area contributed by atoms with Gasteiger partial charge in [0.15, 0.2) is 0 Å². The minimum absolute atomic E-state index is 0.00815. The van der Waals surface area contributed by atoms with Crippen molar-refractivity contribution in [3.63, 3.8) is 0 Å². The number of alkyl carbamates (subject to hydrolysis) is 1. The Hall–Kier alpha value is -4.27. The quantitative estimate of drug-likeness (QED) is 0.377. The van der Waals surface area contributed by atoms with Gasteiger partial charge in [0.1, 0.15) is 12.6 Å². The molecule has 0 aliphatic carbocycles. The number of carbonyl (C=O) groups excluding carboxylic acids is 1. The number of hydrogen-bond donors (Lipinski definition) is 3. The Morgan fingerprint density at radius 1 is 1.16 bits per heavy atom. The lowest BCUT2D eigenvalue weighted by atomic mass is 10.0. The summed E-state index contributed by atoms with van der Waals surface area (Å²) in [4.78, 5) is 26.4.